The fraction of sp³-hybridized carbons (Fsp3) is 0.0417. The van der Waals surface area contributed by atoms with Gasteiger partial charge >= 0.3 is 0 Å². The summed E-state index contributed by atoms with van der Waals surface area (Å²) >= 11 is 1.72. The van der Waals surface area contributed by atoms with Crippen molar-refractivity contribution in [3.8, 4) is 11.1 Å². The fourth-order valence-electron chi connectivity index (χ4n) is 3.79. The first-order valence-electron chi connectivity index (χ1n) is 8.70. The number of pyridine rings is 1. The highest BCUT2D eigenvalue weighted by atomic mass is 32.2. The molecule has 124 valence electrons. The number of fused-ring (bicyclic) bond motifs is 5. The third-order valence-corrected chi connectivity index (χ3v) is 5.63. The zero-order valence-corrected chi connectivity index (χ0v) is 15.3. The van der Waals surface area contributed by atoms with Crippen LogP contribution in [0.15, 0.2) is 90.0 Å². The molecule has 0 N–H and O–H groups in total. The number of hydrogen-bond acceptors (Lipinski definition) is 2. The first kappa shape index (κ1) is 15.4. The van der Waals surface area contributed by atoms with Gasteiger partial charge in [0.1, 0.15) is 5.03 Å². The van der Waals surface area contributed by atoms with Crippen LogP contribution in [-0.2, 0) is 0 Å². The van der Waals surface area contributed by atoms with Gasteiger partial charge in [-0.25, -0.2) is 4.98 Å². The molecule has 0 fully saturated rings. The molecule has 0 atom stereocenters. The van der Waals surface area contributed by atoms with E-state index in [0.29, 0.717) is 0 Å². The largest absolute Gasteiger partial charge is 0.241 e. The smallest absolute Gasteiger partial charge is 0.105 e. The van der Waals surface area contributed by atoms with Crippen LogP contribution in [0.25, 0.3) is 43.6 Å². The van der Waals surface area contributed by atoms with E-state index < -0.39 is 0 Å². The second kappa shape index (κ2) is 6.15. The quantitative estimate of drug-likeness (QED) is 0.253. The third kappa shape index (κ3) is 2.30. The van der Waals surface area contributed by atoms with Crippen molar-refractivity contribution in [1.82, 2.24) is 4.98 Å². The molecule has 1 heterocycles. The lowest BCUT2D eigenvalue weighted by Gasteiger charge is -2.15. The van der Waals surface area contributed by atoms with Gasteiger partial charge in [0.05, 0.1) is 5.52 Å². The van der Waals surface area contributed by atoms with Crippen molar-refractivity contribution in [2.75, 3.05) is 6.26 Å². The van der Waals surface area contributed by atoms with Gasteiger partial charge < -0.3 is 0 Å². The van der Waals surface area contributed by atoms with Crippen LogP contribution in [0.5, 0.6) is 0 Å². The van der Waals surface area contributed by atoms with Gasteiger partial charge in [0, 0.05) is 10.8 Å². The van der Waals surface area contributed by atoms with Crippen molar-refractivity contribution in [2.24, 2.45) is 0 Å². The van der Waals surface area contributed by atoms with E-state index in [-0.39, 0.29) is 0 Å². The Hall–Kier alpha value is -2.84. The molecular weight excluding hydrogens is 334 g/mol. The predicted octanol–water partition coefficient (Wildman–Crippen LogP) is 6.93. The number of rotatable bonds is 2. The second-order valence-corrected chi connectivity index (χ2v) is 7.19. The standard InChI is InChI=1S/C24H17NS/c1-26-24-23-19-13-6-5-11-17(19)20(16-9-3-2-4-10-16)15-21(23)18-12-7-8-14-22(18)25-24/h2-15H,1H3. The van der Waals surface area contributed by atoms with E-state index in [1.807, 2.05) is 0 Å². The minimum atomic E-state index is 1.05. The summed E-state index contributed by atoms with van der Waals surface area (Å²) in [6.45, 7) is 0. The van der Waals surface area contributed by atoms with Gasteiger partial charge in [-0.15, -0.1) is 11.8 Å². The van der Waals surface area contributed by atoms with E-state index in [0.717, 1.165) is 10.5 Å². The van der Waals surface area contributed by atoms with Crippen molar-refractivity contribution in [2.45, 2.75) is 5.03 Å². The average molecular weight is 351 g/mol. The van der Waals surface area contributed by atoms with Gasteiger partial charge in [0.15, 0.2) is 0 Å². The van der Waals surface area contributed by atoms with Crippen LogP contribution in [0.3, 0.4) is 0 Å². The molecule has 0 amide bonds. The van der Waals surface area contributed by atoms with Gasteiger partial charge in [-0.3, -0.25) is 0 Å². The molecule has 2 heteroatoms. The topological polar surface area (TPSA) is 12.9 Å². The van der Waals surface area contributed by atoms with Gasteiger partial charge in [0.2, 0.25) is 0 Å². The first-order valence-corrected chi connectivity index (χ1v) is 9.93. The average Bonchev–Trinajstić information content (AvgIpc) is 2.73. The van der Waals surface area contributed by atoms with Crippen LogP contribution in [0, 0.1) is 0 Å². The maximum absolute atomic E-state index is 4.94. The van der Waals surface area contributed by atoms with Crippen LogP contribution < -0.4 is 0 Å². The summed E-state index contributed by atoms with van der Waals surface area (Å²) in [6, 6.07) is 30.1. The molecule has 1 nitrogen and oxygen atoms in total. The van der Waals surface area contributed by atoms with Crippen molar-refractivity contribution < 1.29 is 0 Å². The molecule has 26 heavy (non-hydrogen) atoms. The van der Waals surface area contributed by atoms with E-state index in [9.17, 15) is 0 Å². The molecule has 0 saturated carbocycles. The summed E-state index contributed by atoms with van der Waals surface area (Å²) in [5.74, 6) is 0. The Morgan fingerprint density at radius 2 is 1.31 bits per heavy atom. The monoisotopic (exact) mass is 351 g/mol. The zero-order valence-electron chi connectivity index (χ0n) is 14.4. The lowest BCUT2D eigenvalue weighted by molar-refractivity contribution is 1.24. The molecule has 0 saturated heterocycles. The van der Waals surface area contributed by atoms with Crippen LogP contribution >= 0.6 is 11.8 Å². The van der Waals surface area contributed by atoms with Gasteiger partial charge in [0.25, 0.3) is 0 Å². The maximum atomic E-state index is 4.94. The highest BCUT2D eigenvalue weighted by molar-refractivity contribution is 7.98. The van der Waals surface area contributed by atoms with E-state index in [1.54, 1.807) is 11.8 Å². The Balaban J connectivity index is 2.05. The Kier molecular flexibility index (Phi) is 3.65. The summed E-state index contributed by atoms with van der Waals surface area (Å²) in [5, 5.41) is 7.38. The number of hydrogen-bond donors (Lipinski definition) is 0. The van der Waals surface area contributed by atoms with Crippen LogP contribution in [0.1, 0.15) is 0 Å². The Morgan fingerprint density at radius 1 is 0.654 bits per heavy atom. The van der Waals surface area contributed by atoms with Crippen LogP contribution in [0.4, 0.5) is 0 Å². The van der Waals surface area contributed by atoms with Gasteiger partial charge in [-0.05, 0) is 45.7 Å². The summed E-state index contributed by atoms with van der Waals surface area (Å²) in [7, 11) is 0. The number of thioether (sulfide) groups is 1. The third-order valence-electron chi connectivity index (χ3n) is 4.95. The summed E-state index contributed by atoms with van der Waals surface area (Å²) < 4.78 is 0. The number of aromatic nitrogens is 1. The van der Waals surface area contributed by atoms with E-state index in [4.69, 9.17) is 4.98 Å². The number of para-hydroxylation sites is 1. The summed E-state index contributed by atoms with van der Waals surface area (Å²) in [5.41, 5.74) is 3.58. The first-order chi connectivity index (χ1) is 12.9. The van der Waals surface area contributed by atoms with Crippen molar-refractivity contribution in [3.63, 3.8) is 0 Å². The van der Waals surface area contributed by atoms with Gasteiger partial charge in [-0.1, -0.05) is 72.8 Å². The normalized spacial score (nSPS) is 11.4. The minimum absolute atomic E-state index is 1.05. The van der Waals surface area contributed by atoms with Crippen molar-refractivity contribution in [3.05, 3.63) is 84.9 Å². The highest BCUT2D eigenvalue weighted by Gasteiger charge is 2.14. The van der Waals surface area contributed by atoms with Crippen molar-refractivity contribution >= 4 is 44.2 Å². The molecule has 0 bridgehead atoms. The fourth-order valence-corrected chi connectivity index (χ4v) is 4.40. The second-order valence-electron chi connectivity index (χ2n) is 6.40. The van der Waals surface area contributed by atoms with Crippen molar-refractivity contribution in [1.29, 1.82) is 0 Å². The Labute approximate surface area is 156 Å². The lowest BCUT2D eigenvalue weighted by Crippen LogP contribution is -1.91. The van der Waals surface area contributed by atoms with Gasteiger partial charge in [-0.2, -0.15) is 0 Å². The predicted molar refractivity (Wildman–Crippen MR) is 114 cm³/mol. The molecular formula is C24H17NS. The number of nitrogens with zero attached hydrogens (tertiary/aromatic N) is 1. The van der Waals surface area contributed by atoms with E-state index in [2.05, 4.69) is 91.2 Å². The SMILES string of the molecule is CSc1nc2ccccc2c2cc(-c3ccccc3)c3ccccc3c12. The molecule has 0 spiro atoms. The molecule has 0 aliphatic rings. The minimum Gasteiger partial charge on any atom is -0.241 e. The molecule has 1 aromatic heterocycles. The lowest BCUT2D eigenvalue weighted by atomic mass is 9.92. The Bertz CT molecular complexity index is 1260. The molecule has 4 aromatic carbocycles. The molecule has 0 aliphatic carbocycles. The Morgan fingerprint density at radius 3 is 2.08 bits per heavy atom. The van der Waals surface area contributed by atoms with E-state index >= 15 is 0 Å². The van der Waals surface area contributed by atoms with Crippen LogP contribution in [-0.4, -0.2) is 11.2 Å². The van der Waals surface area contributed by atoms with E-state index in [1.165, 1.54) is 38.1 Å². The maximum Gasteiger partial charge on any atom is 0.105 e. The molecule has 5 aromatic rings. The summed E-state index contributed by atoms with van der Waals surface area (Å²) in [4.78, 5) is 4.94. The zero-order chi connectivity index (χ0) is 17.5. The molecule has 0 radical (unpaired) electrons. The highest BCUT2D eigenvalue weighted by Crippen LogP contribution is 2.40. The number of benzene rings is 4. The molecule has 0 unspecified atom stereocenters. The molecule has 5 rings (SSSR count). The van der Waals surface area contributed by atoms with Crippen LogP contribution in [0.2, 0.25) is 0 Å². The molecule has 0 aliphatic heterocycles. The summed E-state index contributed by atoms with van der Waals surface area (Å²) in [6.07, 6.45) is 2.11.